The lowest BCUT2D eigenvalue weighted by Gasteiger charge is -2.14. The highest BCUT2D eigenvalue weighted by molar-refractivity contribution is 9.10. The van der Waals surface area contributed by atoms with E-state index in [0.29, 0.717) is 15.2 Å². The first-order valence-electron chi connectivity index (χ1n) is 5.18. The number of halogens is 2. The third-order valence-electron chi connectivity index (χ3n) is 2.11. The molecule has 0 aliphatic rings. The highest BCUT2D eigenvalue weighted by Crippen LogP contribution is 2.25. The highest BCUT2D eigenvalue weighted by Gasteiger charge is 2.19. The van der Waals surface area contributed by atoms with Crippen molar-refractivity contribution in [3.8, 4) is 0 Å². The van der Waals surface area contributed by atoms with E-state index >= 15 is 0 Å². The molecule has 0 fully saturated rings. The molecule has 0 aromatic heterocycles. The van der Waals surface area contributed by atoms with E-state index in [1.54, 1.807) is 12.1 Å². The average molecular weight is 352 g/mol. The summed E-state index contributed by atoms with van der Waals surface area (Å²) in [5, 5.41) is 14.0. The number of carboxylic acids is 1. The second-order valence-corrected chi connectivity index (χ2v) is 4.84. The van der Waals surface area contributed by atoms with Crippen LogP contribution in [0.3, 0.4) is 0 Å². The number of hydrogen-bond donors (Lipinski definition) is 3. The summed E-state index contributed by atoms with van der Waals surface area (Å²) >= 11 is 9.09. The fourth-order valence-electron chi connectivity index (χ4n) is 1.24. The third-order valence-corrected chi connectivity index (χ3v) is 3.35. The van der Waals surface area contributed by atoms with Crippen LogP contribution in [0.5, 0.6) is 0 Å². The molecule has 0 spiro atoms. The molecule has 8 heteroatoms. The molecule has 1 aromatic rings. The first kappa shape index (κ1) is 15.7. The van der Waals surface area contributed by atoms with E-state index < -0.39 is 18.0 Å². The van der Waals surface area contributed by atoms with Gasteiger partial charge in [0.2, 0.25) is 0 Å². The Labute approximate surface area is 123 Å². The molecule has 104 valence electrons. The van der Waals surface area contributed by atoms with Crippen molar-refractivity contribution in [2.45, 2.75) is 6.04 Å². The summed E-state index contributed by atoms with van der Waals surface area (Å²) in [6, 6.07) is 3.07. The number of carbonyl (C=O) groups excluding carboxylic acids is 1. The Kier molecular flexibility index (Phi) is 6.07. The van der Waals surface area contributed by atoms with Gasteiger partial charge in [-0.25, -0.2) is 9.59 Å². The van der Waals surface area contributed by atoms with E-state index in [0.717, 1.165) is 0 Å². The van der Waals surface area contributed by atoms with Crippen molar-refractivity contribution in [3.63, 3.8) is 0 Å². The van der Waals surface area contributed by atoms with Crippen LogP contribution in [-0.4, -0.2) is 36.9 Å². The van der Waals surface area contributed by atoms with E-state index in [9.17, 15) is 9.59 Å². The molecule has 0 saturated heterocycles. The molecule has 2 amide bonds. The summed E-state index contributed by atoms with van der Waals surface area (Å²) in [5.41, 5.74) is 0.451. The zero-order chi connectivity index (χ0) is 14.4. The van der Waals surface area contributed by atoms with Crippen LogP contribution in [0.4, 0.5) is 10.5 Å². The van der Waals surface area contributed by atoms with Crippen LogP contribution in [0.1, 0.15) is 0 Å². The Morgan fingerprint density at radius 1 is 1.53 bits per heavy atom. The van der Waals surface area contributed by atoms with Crippen LogP contribution in [0.2, 0.25) is 5.02 Å². The van der Waals surface area contributed by atoms with Crippen molar-refractivity contribution >= 4 is 45.2 Å². The Balaban J connectivity index is 2.63. The van der Waals surface area contributed by atoms with Gasteiger partial charge in [0.1, 0.15) is 0 Å². The minimum absolute atomic E-state index is 0.121. The van der Waals surface area contributed by atoms with Gasteiger partial charge in [0.15, 0.2) is 6.04 Å². The topological polar surface area (TPSA) is 87.7 Å². The molecule has 0 bridgehead atoms. The quantitative estimate of drug-likeness (QED) is 0.760. The molecule has 0 aliphatic carbocycles. The van der Waals surface area contributed by atoms with Crippen LogP contribution in [0.15, 0.2) is 22.7 Å². The molecule has 0 saturated carbocycles. The molecule has 6 nitrogen and oxygen atoms in total. The maximum absolute atomic E-state index is 11.6. The Bertz CT molecular complexity index is 484. The van der Waals surface area contributed by atoms with E-state index in [2.05, 4.69) is 26.6 Å². The number of amides is 2. The van der Waals surface area contributed by atoms with Crippen molar-refractivity contribution in [2.75, 3.05) is 19.0 Å². The predicted octanol–water partition coefficient (Wildman–Crippen LogP) is 2.32. The Morgan fingerprint density at radius 2 is 2.21 bits per heavy atom. The molecular formula is C11H12BrClN2O4. The average Bonchev–Trinajstić information content (AvgIpc) is 2.33. The fraction of sp³-hybridized carbons (Fsp3) is 0.273. The molecule has 19 heavy (non-hydrogen) atoms. The van der Waals surface area contributed by atoms with Gasteiger partial charge in [0.25, 0.3) is 0 Å². The Hall–Kier alpha value is -1.31. The maximum atomic E-state index is 11.6. The minimum Gasteiger partial charge on any atom is -0.480 e. The van der Waals surface area contributed by atoms with Gasteiger partial charge >= 0.3 is 12.0 Å². The Morgan fingerprint density at radius 3 is 2.74 bits per heavy atom. The van der Waals surface area contributed by atoms with Gasteiger partial charge in [-0.2, -0.15) is 0 Å². The number of urea groups is 1. The normalized spacial score (nSPS) is 11.7. The number of carboxylic acid groups (broad SMARTS) is 1. The number of carbonyl (C=O) groups is 2. The number of benzene rings is 1. The summed E-state index contributed by atoms with van der Waals surface area (Å²) < 4.78 is 5.40. The van der Waals surface area contributed by atoms with Crippen molar-refractivity contribution in [2.24, 2.45) is 0 Å². The van der Waals surface area contributed by atoms with Gasteiger partial charge in [-0.05, 0) is 34.1 Å². The van der Waals surface area contributed by atoms with Gasteiger partial charge in [0, 0.05) is 17.3 Å². The van der Waals surface area contributed by atoms with Gasteiger partial charge in [-0.3, -0.25) is 0 Å². The number of methoxy groups -OCH3 is 1. The number of anilines is 1. The molecule has 1 aromatic carbocycles. The lowest BCUT2D eigenvalue weighted by Crippen LogP contribution is -2.45. The van der Waals surface area contributed by atoms with Gasteiger partial charge in [-0.15, -0.1) is 0 Å². The lowest BCUT2D eigenvalue weighted by atomic mass is 10.3. The fourth-order valence-corrected chi connectivity index (χ4v) is 1.67. The van der Waals surface area contributed by atoms with E-state index in [-0.39, 0.29) is 6.61 Å². The largest absolute Gasteiger partial charge is 0.480 e. The van der Waals surface area contributed by atoms with E-state index in [1.165, 1.54) is 13.2 Å². The summed E-state index contributed by atoms with van der Waals surface area (Å²) in [6.45, 7) is -0.121. The number of nitrogens with one attached hydrogen (secondary N) is 2. The SMILES string of the molecule is COCC(NC(=O)Nc1ccc(Br)c(Cl)c1)C(=O)O. The predicted molar refractivity (Wildman–Crippen MR) is 74.6 cm³/mol. The molecule has 0 heterocycles. The summed E-state index contributed by atoms with van der Waals surface area (Å²) in [4.78, 5) is 22.4. The molecular weight excluding hydrogens is 339 g/mol. The summed E-state index contributed by atoms with van der Waals surface area (Å²) in [5.74, 6) is -1.18. The van der Waals surface area contributed by atoms with Gasteiger partial charge < -0.3 is 20.5 Å². The van der Waals surface area contributed by atoms with Gasteiger partial charge in [-0.1, -0.05) is 11.6 Å². The molecule has 0 radical (unpaired) electrons. The minimum atomic E-state index is -1.18. The third kappa shape index (κ3) is 5.06. The van der Waals surface area contributed by atoms with Crippen molar-refractivity contribution < 1.29 is 19.4 Å². The second kappa shape index (κ2) is 7.32. The van der Waals surface area contributed by atoms with Crippen LogP contribution >= 0.6 is 27.5 Å². The molecule has 0 aliphatic heterocycles. The number of aliphatic carboxylic acids is 1. The molecule has 3 N–H and O–H groups in total. The first-order chi connectivity index (χ1) is 8.93. The first-order valence-corrected chi connectivity index (χ1v) is 6.35. The summed E-state index contributed by atoms with van der Waals surface area (Å²) in [7, 11) is 1.35. The molecule has 1 unspecified atom stereocenters. The standard InChI is InChI=1S/C11H12BrClN2O4/c1-19-5-9(10(16)17)15-11(18)14-6-2-3-7(12)8(13)4-6/h2-4,9H,5H2,1H3,(H,16,17)(H2,14,15,18). The number of rotatable bonds is 5. The van der Waals surface area contributed by atoms with Crippen LogP contribution in [0, 0.1) is 0 Å². The lowest BCUT2D eigenvalue weighted by molar-refractivity contribution is -0.140. The zero-order valence-electron chi connectivity index (χ0n) is 9.94. The molecule has 1 rings (SSSR count). The van der Waals surface area contributed by atoms with E-state index in [1.807, 2.05) is 0 Å². The zero-order valence-corrected chi connectivity index (χ0v) is 12.3. The van der Waals surface area contributed by atoms with E-state index in [4.69, 9.17) is 21.4 Å². The van der Waals surface area contributed by atoms with Crippen LogP contribution < -0.4 is 10.6 Å². The van der Waals surface area contributed by atoms with Crippen molar-refractivity contribution in [3.05, 3.63) is 27.7 Å². The monoisotopic (exact) mass is 350 g/mol. The second-order valence-electron chi connectivity index (χ2n) is 3.57. The molecule has 1 atom stereocenters. The van der Waals surface area contributed by atoms with Crippen molar-refractivity contribution in [1.82, 2.24) is 5.32 Å². The number of ether oxygens (including phenoxy) is 1. The van der Waals surface area contributed by atoms with Crippen molar-refractivity contribution in [1.29, 1.82) is 0 Å². The highest BCUT2D eigenvalue weighted by atomic mass is 79.9. The van der Waals surface area contributed by atoms with Crippen LogP contribution in [0.25, 0.3) is 0 Å². The smallest absolute Gasteiger partial charge is 0.328 e. The summed E-state index contributed by atoms with van der Waals surface area (Å²) in [6.07, 6.45) is 0. The maximum Gasteiger partial charge on any atom is 0.328 e. The number of hydrogen-bond acceptors (Lipinski definition) is 3. The van der Waals surface area contributed by atoms with Gasteiger partial charge in [0.05, 0.1) is 11.6 Å². The van der Waals surface area contributed by atoms with Crippen LogP contribution in [-0.2, 0) is 9.53 Å².